The van der Waals surface area contributed by atoms with E-state index in [1.54, 1.807) is 19.2 Å². The number of rotatable bonds is 2. The van der Waals surface area contributed by atoms with Crippen molar-refractivity contribution in [2.45, 2.75) is 13.0 Å². The summed E-state index contributed by atoms with van der Waals surface area (Å²) in [7, 11) is 1.63. The molecule has 0 spiro atoms. The third kappa shape index (κ3) is 2.34. The van der Waals surface area contributed by atoms with Crippen molar-refractivity contribution >= 4 is 23.2 Å². The molecule has 12 heavy (non-hydrogen) atoms. The lowest BCUT2D eigenvalue weighted by molar-refractivity contribution is 0.119. The normalized spacial score (nSPS) is 13.0. The number of nitrogens with zero attached hydrogens (tertiary/aromatic N) is 1. The second-order valence-electron chi connectivity index (χ2n) is 2.42. The zero-order valence-corrected chi connectivity index (χ0v) is 8.36. The average molecular weight is 206 g/mol. The minimum Gasteiger partial charge on any atom is -0.377 e. The monoisotopic (exact) mass is 205 g/mol. The summed E-state index contributed by atoms with van der Waals surface area (Å²) >= 11 is 11.4. The quantitative estimate of drug-likeness (QED) is 0.693. The van der Waals surface area contributed by atoms with Crippen molar-refractivity contribution in [1.29, 1.82) is 0 Å². The molecule has 0 saturated heterocycles. The van der Waals surface area contributed by atoms with E-state index in [4.69, 9.17) is 27.9 Å². The van der Waals surface area contributed by atoms with Gasteiger partial charge in [0.05, 0.1) is 6.10 Å². The molecule has 0 radical (unpaired) electrons. The van der Waals surface area contributed by atoms with Crippen LogP contribution in [0.25, 0.3) is 0 Å². The maximum Gasteiger partial charge on any atom is 0.131 e. The van der Waals surface area contributed by atoms with E-state index in [1.807, 2.05) is 6.92 Å². The van der Waals surface area contributed by atoms with E-state index in [0.29, 0.717) is 10.3 Å². The third-order valence-electron chi connectivity index (χ3n) is 1.61. The van der Waals surface area contributed by atoms with Crippen molar-refractivity contribution < 1.29 is 4.74 Å². The number of methoxy groups -OCH3 is 1. The molecule has 0 aromatic carbocycles. The second-order valence-corrected chi connectivity index (χ2v) is 3.20. The first kappa shape index (κ1) is 9.78. The maximum absolute atomic E-state index is 5.70. The topological polar surface area (TPSA) is 22.1 Å². The van der Waals surface area contributed by atoms with Gasteiger partial charge in [-0.3, -0.25) is 0 Å². The van der Waals surface area contributed by atoms with E-state index in [9.17, 15) is 0 Å². The molecular formula is C8H9Cl2NO. The summed E-state index contributed by atoms with van der Waals surface area (Å²) in [4.78, 5) is 3.83. The highest BCUT2D eigenvalue weighted by Crippen LogP contribution is 2.21. The molecular weight excluding hydrogens is 197 g/mol. The Labute approximate surface area is 81.5 Å². The van der Waals surface area contributed by atoms with Crippen LogP contribution < -0.4 is 0 Å². The van der Waals surface area contributed by atoms with Gasteiger partial charge in [-0.25, -0.2) is 4.98 Å². The summed E-state index contributed by atoms with van der Waals surface area (Å²) in [6.07, 6.45) is -0.0111. The van der Waals surface area contributed by atoms with Crippen molar-refractivity contribution in [3.05, 3.63) is 28.0 Å². The Balaban J connectivity index is 3.00. The Kier molecular flexibility index (Phi) is 3.32. The van der Waals surface area contributed by atoms with Gasteiger partial charge in [0, 0.05) is 7.11 Å². The summed E-state index contributed by atoms with van der Waals surface area (Å²) in [6.45, 7) is 1.92. The van der Waals surface area contributed by atoms with Crippen molar-refractivity contribution in [2.24, 2.45) is 0 Å². The predicted molar refractivity (Wildman–Crippen MR) is 49.7 cm³/mol. The standard InChI is InChI=1S/C8H9Cl2NO/c1-5(12-2)6-3-7(9)11-8(10)4-6/h3-5H,1-2H3. The lowest BCUT2D eigenvalue weighted by atomic mass is 10.2. The van der Waals surface area contributed by atoms with Gasteiger partial charge in [0.2, 0.25) is 0 Å². The molecule has 4 heteroatoms. The Hall–Kier alpha value is -0.310. The minimum absolute atomic E-state index is 0.0111. The van der Waals surface area contributed by atoms with Gasteiger partial charge in [0.1, 0.15) is 10.3 Å². The molecule has 1 unspecified atom stereocenters. The van der Waals surface area contributed by atoms with Crippen LogP contribution in [0.5, 0.6) is 0 Å². The van der Waals surface area contributed by atoms with E-state index < -0.39 is 0 Å². The molecule has 0 amide bonds. The molecule has 2 nitrogen and oxygen atoms in total. The molecule has 0 aliphatic carbocycles. The largest absolute Gasteiger partial charge is 0.377 e. The fraction of sp³-hybridized carbons (Fsp3) is 0.375. The number of halogens is 2. The van der Waals surface area contributed by atoms with Crippen LogP contribution in [0.3, 0.4) is 0 Å². The molecule has 66 valence electrons. The van der Waals surface area contributed by atoms with Crippen LogP contribution >= 0.6 is 23.2 Å². The van der Waals surface area contributed by atoms with Crippen LogP contribution in [0.4, 0.5) is 0 Å². The van der Waals surface area contributed by atoms with Crippen molar-refractivity contribution in [2.75, 3.05) is 7.11 Å². The number of aromatic nitrogens is 1. The van der Waals surface area contributed by atoms with Gasteiger partial charge in [-0.2, -0.15) is 0 Å². The Morgan fingerprint density at radius 3 is 2.25 bits per heavy atom. The highest BCUT2D eigenvalue weighted by atomic mass is 35.5. The van der Waals surface area contributed by atoms with E-state index in [2.05, 4.69) is 4.98 Å². The summed E-state index contributed by atoms with van der Waals surface area (Å²) < 4.78 is 5.10. The molecule has 1 atom stereocenters. The van der Waals surface area contributed by atoms with Crippen LogP contribution in [0.15, 0.2) is 12.1 Å². The fourth-order valence-corrected chi connectivity index (χ4v) is 1.33. The highest BCUT2D eigenvalue weighted by molar-refractivity contribution is 6.32. The number of hydrogen-bond acceptors (Lipinski definition) is 2. The zero-order valence-electron chi connectivity index (χ0n) is 6.84. The van der Waals surface area contributed by atoms with Gasteiger partial charge >= 0.3 is 0 Å². The molecule has 0 N–H and O–H groups in total. The first-order valence-electron chi connectivity index (χ1n) is 3.49. The number of ether oxygens (including phenoxy) is 1. The zero-order chi connectivity index (χ0) is 9.14. The molecule has 1 rings (SSSR count). The van der Waals surface area contributed by atoms with Crippen molar-refractivity contribution in [3.8, 4) is 0 Å². The van der Waals surface area contributed by atoms with Crippen LogP contribution in [0.1, 0.15) is 18.6 Å². The lowest BCUT2D eigenvalue weighted by Crippen LogP contribution is -1.96. The summed E-state index contributed by atoms with van der Waals surface area (Å²) in [5, 5.41) is 0.780. The highest BCUT2D eigenvalue weighted by Gasteiger charge is 2.06. The maximum atomic E-state index is 5.70. The summed E-state index contributed by atoms with van der Waals surface area (Å²) in [5.74, 6) is 0. The SMILES string of the molecule is COC(C)c1cc(Cl)nc(Cl)c1. The Morgan fingerprint density at radius 2 is 1.83 bits per heavy atom. The molecule has 0 bridgehead atoms. The Bertz CT molecular complexity index is 258. The van der Waals surface area contributed by atoms with Gasteiger partial charge in [-0.15, -0.1) is 0 Å². The lowest BCUT2D eigenvalue weighted by Gasteiger charge is -2.09. The van der Waals surface area contributed by atoms with Crippen LogP contribution in [0, 0.1) is 0 Å². The molecule has 1 aromatic rings. The van der Waals surface area contributed by atoms with Crippen LogP contribution in [0.2, 0.25) is 10.3 Å². The van der Waals surface area contributed by atoms with Crippen LogP contribution in [-0.4, -0.2) is 12.1 Å². The molecule has 1 aromatic heterocycles. The summed E-state index contributed by atoms with van der Waals surface area (Å²) in [6, 6.07) is 3.48. The molecule has 0 aliphatic rings. The number of hydrogen-bond donors (Lipinski definition) is 0. The molecule has 1 heterocycles. The molecule has 0 aliphatic heterocycles. The first-order valence-corrected chi connectivity index (χ1v) is 4.25. The third-order valence-corrected chi connectivity index (χ3v) is 2.00. The van der Waals surface area contributed by atoms with Gasteiger partial charge in [-0.05, 0) is 24.6 Å². The van der Waals surface area contributed by atoms with Crippen LogP contribution in [-0.2, 0) is 4.74 Å². The van der Waals surface area contributed by atoms with Gasteiger partial charge in [0.25, 0.3) is 0 Å². The first-order chi connectivity index (χ1) is 5.63. The van der Waals surface area contributed by atoms with Gasteiger partial charge in [0.15, 0.2) is 0 Å². The average Bonchev–Trinajstić information content (AvgIpc) is 2.01. The summed E-state index contributed by atoms with van der Waals surface area (Å²) in [5.41, 5.74) is 0.933. The van der Waals surface area contributed by atoms with Gasteiger partial charge in [-0.1, -0.05) is 23.2 Å². The molecule has 0 saturated carbocycles. The second kappa shape index (κ2) is 4.08. The predicted octanol–water partition coefficient (Wildman–Crippen LogP) is 3.10. The van der Waals surface area contributed by atoms with E-state index >= 15 is 0 Å². The molecule has 0 fully saturated rings. The van der Waals surface area contributed by atoms with E-state index in [1.165, 1.54) is 0 Å². The van der Waals surface area contributed by atoms with Gasteiger partial charge < -0.3 is 4.74 Å². The van der Waals surface area contributed by atoms with E-state index in [0.717, 1.165) is 5.56 Å². The van der Waals surface area contributed by atoms with Crippen molar-refractivity contribution in [1.82, 2.24) is 4.98 Å². The minimum atomic E-state index is -0.0111. The van der Waals surface area contributed by atoms with E-state index in [-0.39, 0.29) is 6.10 Å². The number of pyridine rings is 1. The smallest absolute Gasteiger partial charge is 0.131 e. The fourth-order valence-electron chi connectivity index (χ4n) is 0.854. The Morgan fingerprint density at radius 1 is 1.33 bits per heavy atom. The van der Waals surface area contributed by atoms with Crippen molar-refractivity contribution in [3.63, 3.8) is 0 Å².